The average Bonchev–Trinajstić information content (AvgIpc) is 2.89. The zero-order valence-corrected chi connectivity index (χ0v) is 18.7. The van der Waals surface area contributed by atoms with E-state index < -0.39 is 16.3 Å². The van der Waals surface area contributed by atoms with Crippen LogP contribution in [0, 0.1) is 0 Å². The minimum Gasteiger partial charge on any atom is -0.466 e. The number of carbonyl (C=O) groups is 3. The summed E-state index contributed by atoms with van der Waals surface area (Å²) in [5, 5.41) is 0. The number of amides is 1. The van der Waals surface area contributed by atoms with E-state index in [4.69, 9.17) is 4.74 Å². The normalized spacial score (nSPS) is 20.8. The third-order valence-electron chi connectivity index (χ3n) is 6.31. The van der Waals surface area contributed by atoms with E-state index in [2.05, 4.69) is 0 Å². The fraction of sp³-hybridized carbons (Fsp3) is 0.148. The summed E-state index contributed by atoms with van der Waals surface area (Å²) in [6.45, 7) is 0. The topological polar surface area (TPSA) is 63.7 Å². The quantitative estimate of drug-likeness (QED) is 0.328. The Balaban J connectivity index is 1.81. The first-order valence-corrected chi connectivity index (χ1v) is 11.5. The molecule has 0 N–H and O–H groups in total. The Labute approximate surface area is 196 Å². The molecule has 164 valence electrons. The molecule has 33 heavy (non-hydrogen) atoms. The molecule has 5 rings (SSSR count). The molecule has 5 nitrogen and oxygen atoms in total. The fourth-order valence-corrected chi connectivity index (χ4v) is 6.47. The summed E-state index contributed by atoms with van der Waals surface area (Å²) >= 11 is 1.30. The molecule has 1 fully saturated rings. The van der Waals surface area contributed by atoms with Crippen molar-refractivity contribution in [2.24, 2.45) is 0 Å². The molecular weight excluding hydrogens is 434 g/mol. The molecule has 6 heteroatoms. The molecule has 1 unspecified atom stereocenters. The molecule has 0 aliphatic carbocycles. The number of fused-ring (bicyclic) bond motifs is 1. The van der Waals surface area contributed by atoms with Crippen LogP contribution >= 0.6 is 11.8 Å². The van der Waals surface area contributed by atoms with E-state index in [0.29, 0.717) is 11.1 Å². The first-order chi connectivity index (χ1) is 16.1. The minimum absolute atomic E-state index is 0.180. The maximum absolute atomic E-state index is 14.3. The summed E-state index contributed by atoms with van der Waals surface area (Å²) in [6.07, 6.45) is 1.50. The second kappa shape index (κ2) is 8.05. The van der Waals surface area contributed by atoms with Gasteiger partial charge in [0.15, 0.2) is 4.87 Å². The fourth-order valence-electron chi connectivity index (χ4n) is 4.85. The highest BCUT2D eigenvalue weighted by Gasteiger charge is 2.77. The Morgan fingerprint density at radius 3 is 1.88 bits per heavy atom. The van der Waals surface area contributed by atoms with Crippen molar-refractivity contribution in [1.29, 1.82) is 0 Å². The minimum atomic E-state index is -1.29. The lowest BCUT2D eigenvalue weighted by Gasteiger charge is -2.63. The van der Waals surface area contributed by atoms with Crippen LogP contribution in [-0.4, -0.2) is 40.3 Å². The monoisotopic (exact) mass is 455 g/mol. The number of benzene rings is 3. The number of nitrogens with zero attached hydrogens (tertiary/aromatic N) is 1. The summed E-state index contributed by atoms with van der Waals surface area (Å²) in [6, 6.07) is 27.8. The molecule has 0 saturated carbocycles. The van der Waals surface area contributed by atoms with Gasteiger partial charge in [0.2, 0.25) is 11.7 Å². The van der Waals surface area contributed by atoms with E-state index in [1.807, 2.05) is 78.9 Å². The highest BCUT2D eigenvalue weighted by atomic mass is 32.2. The maximum Gasteiger partial charge on any atom is 0.336 e. The molecule has 1 saturated heterocycles. The van der Waals surface area contributed by atoms with Gasteiger partial charge in [0.05, 0.1) is 12.7 Å². The molecule has 0 bridgehead atoms. The largest absolute Gasteiger partial charge is 0.466 e. The number of esters is 1. The van der Waals surface area contributed by atoms with Crippen LogP contribution in [0.15, 0.2) is 103 Å². The summed E-state index contributed by atoms with van der Waals surface area (Å²) in [5.41, 5.74) is 1.09. The Morgan fingerprint density at radius 2 is 1.36 bits per heavy atom. The first kappa shape index (κ1) is 21.2. The van der Waals surface area contributed by atoms with Crippen LogP contribution < -0.4 is 0 Å². The highest BCUT2D eigenvalue weighted by Crippen LogP contribution is 2.63. The van der Waals surface area contributed by atoms with Gasteiger partial charge in [-0.3, -0.25) is 14.5 Å². The van der Waals surface area contributed by atoms with Crippen molar-refractivity contribution in [3.05, 3.63) is 119 Å². The van der Waals surface area contributed by atoms with Crippen molar-refractivity contribution in [3.63, 3.8) is 0 Å². The Morgan fingerprint density at radius 1 is 0.848 bits per heavy atom. The molecule has 3 aromatic carbocycles. The van der Waals surface area contributed by atoms with Crippen molar-refractivity contribution < 1.29 is 19.1 Å². The van der Waals surface area contributed by atoms with Crippen molar-refractivity contribution in [3.8, 4) is 0 Å². The lowest BCUT2D eigenvalue weighted by atomic mass is 9.59. The number of thioether (sulfide) groups is 1. The van der Waals surface area contributed by atoms with E-state index in [-0.39, 0.29) is 17.4 Å². The number of ketones is 1. The van der Waals surface area contributed by atoms with Crippen molar-refractivity contribution in [2.45, 2.75) is 10.3 Å². The number of carbonyl (C=O) groups excluding carboxylic acids is 3. The van der Waals surface area contributed by atoms with Gasteiger partial charge in [0.25, 0.3) is 0 Å². The molecule has 0 aromatic heterocycles. The summed E-state index contributed by atoms with van der Waals surface area (Å²) in [4.78, 5) is 40.8. The number of Topliss-reactive ketones (excluding diaryl/α,β-unsaturated/α-hetero) is 1. The number of ether oxygens (including phenoxy) is 1. The second-order valence-corrected chi connectivity index (χ2v) is 9.10. The van der Waals surface area contributed by atoms with Gasteiger partial charge in [-0.15, -0.1) is 11.8 Å². The molecule has 3 aromatic rings. The number of hydrogen-bond acceptors (Lipinski definition) is 5. The van der Waals surface area contributed by atoms with E-state index in [1.54, 1.807) is 12.1 Å². The molecule has 2 aliphatic heterocycles. The Kier molecular flexibility index (Phi) is 5.17. The summed E-state index contributed by atoms with van der Waals surface area (Å²) < 4.78 is 4.89. The SMILES string of the molecule is COC(=O)C1=CN2C(=O)C(c3ccccc3)(c3ccccc3)C2(C(=O)c2ccccc2)SC1. The molecule has 2 heterocycles. The van der Waals surface area contributed by atoms with Crippen LogP contribution in [0.2, 0.25) is 0 Å². The molecule has 0 radical (unpaired) electrons. The van der Waals surface area contributed by atoms with Gasteiger partial charge in [-0.2, -0.15) is 0 Å². The van der Waals surface area contributed by atoms with Crippen LogP contribution in [0.25, 0.3) is 0 Å². The predicted molar refractivity (Wildman–Crippen MR) is 127 cm³/mol. The lowest BCUT2D eigenvalue weighted by molar-refractivity contribution is -0.152. The van der Waals surface area contributed by atoms with Gasteiger partial charge < -0.3 is 4.74 Å². The summed E-state index contributed by atoms with van der Waals surface area (Å²) in [5.74, 6) is -0.692. The number of rotatable bonds is 5. The van der Waals surface area contributed by atoms with Crippen molar-refractivity contribution >= 4 is 29.4 Å². The van der Waals surface area contributed by atoms with Crippen LogP contribution in [0.1, 0.15) is 21.5 Å². The van der Waals surface area contributed by atoms with Crippen LogP contribution in [0.4, 0.5) is 0 Å². The van der Waals surface area contributed by atoms with Gasteiger partial charge >= 0.3 is 5.97 Å². The van der Waals surface area contributed by atoms with E-state index in [1.165, 1.54) is 30.0 Å². The lowest BCUT2D eigenvalue weighted by Crippen LogP contribution is -2.81. The van der Waals surface area contributed by atoms with Gasteiger partial charge in [0.1, 0.15) is 5.41 Å². The Hall–Kier alpha value is -3.64. The van der Waals surface area contributed by atoms with Crippen LogP contribution in [-0.2, 0) is 19.7 Å². The number of β-lactam (4-membered cyclic amide) rings is 1. The standard InChI is InChI=1S/C27H21NO4S/c1-32-24(30)20-17-28-25(31)26(21-13-7-3-8-14-21,22-15-9-4-10-16-22)27(28,33-18-20)23(29)19-11-5-2-6-12-19/h2-17H,18H2,1H3. The molecule has 2 aliphatic rings. The van der Waals surface area contributed by atoms with Crippen molar-refractivity contribution in [2.75, 3.05) is 12.9 Å². The van der Waals surface area contributed by atoms with Gasteiger partial charge in [-0.25, -0.2) is 4.79 Å². The third-order valence-corrected chi connectivity index (χ3v) is 7.87. The van der Waals surface area contributed by atoms with E-state index in [9.17, 15) is 14.4 Å². The van der Waals surface area contributed by atoms with E-state index >= 15 is 0 Å². The van der Waals surface area contributed by atoms with Gasteiger partial charge in [-0.1, -0.05) is 91.0 Å². The zero-order valence-electron chi connectivity index (χ0n) is 17.9. The maximum atomic E-state index is 14.3. The zero-order chi connectivity index (χ0) is 23.1. The molecule has 0 spiro atoms. The smallest absolute Gasteiger partial charge is 0.336 e. The molecular formula is C27H21NO4S. The Bertz CT molecular complexity index is 1220. The number of methoxy groups -OCH3 is 1. The average molecular weight is 456 g/mol. The molecule has 1 amide bonds. The first-order valence-electron chi connectivity index (χ1n) is 10.5. The summed E-state index contributed by atoms with van der Waals surface area (Å²) in [7, 11) is 1.31. The third kappa shape index (κ3) is 2.84. The van der Waals surface area contributed by atoms with E-state index in [0.717, 1.165) is 11.1 Å². The predicted octanol–water partition coefficient (Wildman–Crippen LogP) is 4.20. The second-order valence-electron chi connectivity index (χ2n) is 7.93. The van der Waals surface area contributed by atoms with Crippen LogP contribution in [0.5, 0.6) is 0 Å². The van der Waals surface area contributed by atoms with Gasteiger partial charge in [-0.05, 0) is 11.1 Å². The van der Waals surface area contributed by atoms with Crippen molar-refractivity contribution in [1.82, 2.24) is 4.90 Å². The highest BCUT2D eigenvalue weighted by molar-refractivity contribution is 8.01. The van der Waals surface area contributed by atoms with Crippen LogP contribution in [0.3, 0.4) is 0 Å². The number of hydrogen-bond donors (Lipinski definition) is 0. The van der Waals surface area contributed by atoms with Gasteiger partial charge in [0, 0.05) is 17.5 Å². The molecule has 1 atom stereocenters.